The number of hydrogen-bond acceptors (Lipinski definition) is 6. The molecule has 0 saturated carbocycles. The second-order valence-electron chi connectivity index (χ2n) is 0.447. The van der Waals surface area contributed by atoms with Crippen molar-refractivity contribution in [3.05, 3.63) is 30.6 Å². The first-order valence-electron chi connectivity index (χ1n) is 1.10. The van der Waals surface area contributed by atoms with Crippen LogP contribution in [0.1, 0.15) is 0 Å². The van der Waals surface area contributed by atoms with Crippen molar-refractivity contribution < 1.29 is 61.9 Å². The summed E-state index contributed by atoms with van der Waals surface area (Å²) >= 11 is 0. The molecule has 0 rings (SSSR count). The van der Waals surface area contributed by atoms with Crippen LogP contribution in [0.15, 0.2) is 0 Å². The van der Waals surface area contributed by atoms with Gasteiger partial charge < -0.3 is 63.5 Å². The van der Waals surface area contributed by atoms with Crippen LogP contribution in [0.4, 0.5) is 0 Å². The zero-order valence-electron chi connectivity index (χ0n) is 8.05. The molecule has 0 unspecified atom stereocenters. The summed E-state index contributed by atoms with van der Waals surface area (Å²) in [7, 11) is 0. The SMILES string of the molecule is O.O.O.O.O.O.O=[N+]([O-])[O-].O=[N+]([O-])[O-].[Li+].[Mg+2]. The van der Waals surface area contributed by atoms with E-state index in [1.54, 1.807) is 0 Å². The Balaban J connectivity index is -0.00000000375. The number of nitrogens with zero attached hydrogens (tertiary/aromatic N) is 2. The molecular formula is H12LiMgN2O12+. The largest absolute Gasteiger partial charge is 2.00 e. The first-order chi connectivity index (χ1) is 3.46. The Kier molecular flexibility index (Phi) is 584. The Morgan fingerprint density at radius 1 is 0.562 bits per heavy atom. The molecule has 0 atom stereocenters. The fourth-order valence-electron chi connectivity index (χ4n) is 0. The smallest absolute Gasteiger partial charge is 0.412 e. The maximum Gasteiger partial charge on any atom is 2.00 e. The van der Waals surface area contributed by atoms with Gasteiger partial charge in [-0.1, -0.05) is 0 Å². The molecule has 96 valence electrons. The third-order valence-electron chi connectivity index (χ3n) is 0. The molecule has 0 heterocycles. The van der Waals surface area contributed by atoms with Crippen LogP contribution in [-0.4, -0.2) is 66.1 Å². The van der Waals surface area contributed by atoms with Crippen molar-refractivity contribution in [3.8, 4) is 0 Å². The third kappa shape index (κ3) is 9350. The van der Waals surface area contributed by atoms with Crippen LogP contribution < -0.4 is 18.9 Å². The Hall–Kier alpha value is -0.476. The van der Waals surface area contributed by atoms with Gasteiger partial charge in [0.1, 0.15) is 0 Å². The van der Waals surface area contributed by atoms with Crippen molar-refractivity contribution in [2.75, 3.05) is 0 Å². The molecule has 0 aliphatic carbocycles. The first kappa shape index (κ1) is 107. The van der Waals surface area contributed by atoms with E-state index in [2.05, 4.69) is 0 Å². The molecule has 0 aliphatic heterocycles. The van der Waals surface area contributed by atoms with Gasteiger partial charge in [0.05, 0.1) is 10.2 Å². The van der Waals surface area contributed by atoms with Gasteiger partial charge in [-0.15, -0.1) is 0 Å². The summed E-state index contributed by atoms with van der Waals surface area (Å²) in [4.78, 5) is 16.5. The van der Waals surface area contributed by atoms with Crippen molar-refractivity contribution in [2.45, 2.75) is 0 Å². The van der Waals surface area contributed by atoms with Gasteiger partial charge in [-0.2, -0.15) is 0 Å². The van der Waals surface area contributed by atoms with Crippen molar-refractivity contribution in [1.82, 2.24) is 0 Å². The van der Waals surface area contributed by atoms with Crippen molar-refractivity contribution in [1.29, 1.82) is 0 Å². The maximum atomic E-state index is 8.25. The van der Waals surface area contributed by atoms with Crippen LogP contribution >= 0.6 is 0 Å². The predicted molar refractivity (Wildman–Crippen MR) is 48.2 cm³/mol. The summed E-state index contributed by atoms with van der Waals surface area (Å²) < 4.78 is 0. The molecule has 0 fully saturated rings. The van der Waals surface area contributed by atoms with E-state index >= 15 is 0 Å². The molecule has 0 amide bonds. The molecule has 16 heavy (non-hydrogen) atoms. The van der Waals surface area contributed by atoms with Gasteiger partial charge in [0.2, 0.25) is 0 Å². The summed E-state index contributed by atoms with van der Waals surface area (Å²) in [5.74, 6) is 0. The average molecular weight is 263 g/mol. The molecule has 16 heteroatoms. The summed E-state index contributed by atoms with van der Waals surface area (Å²) in [5, 5.41) is 29.5. The Morgan fingerprint density at radius 2 is 0.562 bits per heavy atom. The van der Waals surface area contributed by atoms with E-state index in [4.69, 9.17) is 30.6 Å². The summed E-state index contributed by atoms with van der Waals surface area (Å²) in [6.45, 7) is 0. The van der Waals surface area contributed by atoms with Crippen molar-refractivity contribution in [2.24, 2.45) is 0 Å². The molecule has 0 radical (unpaired) electrons. The molecule has 0 bridgehead atoms. The summed E-state index contributed by atoms with van der Waals surface area (Å²) in [6.07, 6.45) is 0. The normalized spacial score (nSPS) is 3.00. The van der Waals surface area contributed by atoms with Gasteiger partial charge in [0.15, 0.2) is 0 Å². The van der Waals surface area contributed by atoms with Gasteiger partial charge in [0, 0.05) is 0 Å². The van der Waals surface area contributed by atoms with Gasteiger partial charge in [-0.05, 0) is 0 Å². The molecular weight excluding hydrogens is 251 g/mol. The minimum absolute atomic E-state index is 0. The molecule has 0 saturated heterocycles. The van der Waals surface area contributed by atoms with Gasteiger partial charge in [-0.3, -0.25) is 0 Å². The van der Waals surface area contributed by atoms with E-state index in [0.29, 0.717) is 0 Å². The van der Waals surface area contributed by atoms with Gasteiger partial charge >= 0.3 is 41.9 Å². The van der Waals surface area contributed by atoms with E-state index in [-0.39, 0.29) is 74.8 Å². The molecule has 14 nitrogen and oxygen atoms in total. The van der Waals surface area contributed by atoms with Gasteiger partial charge in [0.25, 0.3) is 0 Å². The maximum absolute atomic E-state index is 8.25. The molecule has 0 spiro atoms. The fourth-order valence-corrected chi connectivity index (χ4v) is 0. The van der Waals surface area contributed by atoms with Crippen LogP contribution in [0, 0.1) is 30.6 Å². The van der Waals surface area contributed by atoms with Crippen LogP contribution in [0.5, 0.6) is 0 Å². The average Bonchev–Trinajstić information content (AvgIpc) is 1.25. The van der Waals surface area contributed by atoms with E-state index in [9.17, 15) is 0 Å². The molecule has 0 aliphatic rings. The van der Waals surface area contributed by atoms with E-state index < -0.39 is 10.2 Å². The van der Waals surface area contributed by atoms with Crippen LogP contribution in [0.2, 0.25) is 0 Å². The summed E-state index contributed by atoms with van der Waals surface area (Å²) in [6, 6.07) is 0. The topological polar surface area (TPSA) is 321 Å². The Labute approximate surface area is 116 Å². The second kappa shape index (κ2) is 87.1. The van der Waals surface area contributed by atoms with E-state index in [1.807, 2.05) is 0 Å². The zero-order chi connectivity index (χ0) is 7.15. The van der Waals surface area contributed by atoms with Crippen LogP contribution in [-0.2, 0) is 0 Å². The van der Waals surface area contributed by atoms with Gasteiger partial charge in [-0.25, -0.2) is 0 Å². The Bertz CT molecular complexity index is 77.0. The number of hydrogen-bond donors (Lipinski definition) is 0. The molecule has 12 N–H and O–H groups in total. The molecule has 0 aromatic heterocycles. The minimum Gasteiger partial charge on any atom is -0.412 e. The van der Waals surface area contributed by atoms with Crippen LogP contribution in [0.3, 0.4) is 0 Å². The molecule has 0 aromatic rings. The minimum atomic E-state index is -1.75. The quantitative estimate of drug-likeness (QED) is 0.231. The summed E-state index contributed by atoms with van der Waals surface area (Å²) in [5.41, 5.74) is 0. The monoisotopic (exact) mass is 263 g/mol. The van der Waals surface area contributed by atoms with Crippen molar-refractivity contribution >= 4 is 23.1 Å². The zero-order valence-corrected chi connectivity index (χ0v) is 9.47. The standard InChI is InChI=1S/Li.Mg.2NO3.6H2O/c;;2*2-1(3)4;;;;;;/h;;;;6*1H2/q+1;+2;2*-1;;;;;;. The second-order valence-corrected chi connectivity index (χ2v) is 0.447. The fraction of sp³-hybridized carbons (Fsp3) is 0. The van der Waals surface area contributed by atoms with Crippen molar-refractivity contribution in [3.63, 3.8) is 0 Å². The third-order valence-corrected chi connectivity index (χ3v) is 0. The van der Waals surface area contributed by atoms with Crippen LogP contribution in [0.25, 0.3) is 0 Å². The predicted octanol–water partition coefficient (Wildman–Crippen LogP) is -8.80. The Morgan fingerprint density at radius 3 is 0.562 bits per heavy atom. The van der Waals surface area contributed by atoms with E-state index in [0.717, 1.165) is 0 Å². The molecule has 0 aromatic carbocycles. The first-order valence-corrected chi connectivity index (χ1v) is 1.10. The number of rotatable bonds is 0. The van der Waals surface area contributed by atoms with E-state index in [1.165, 1.54) is 0 Å².